The summed E-state index contributed by atoms with van der Waals surface area (Å²) < 4.78 is 1.11. The summed E-state index contributed by atoms with van der Waals surface area (Å²) in [5.41, 5.74) is 0.0772. The molecule has 1 aromatic heterocycles. The molecule has 0 aliphatic carbocycles. The van der Waals surface area contributed by atoms with E-state index in [1.807, 2.05) is 22.6 Å². The van der Waals surface area contributed by atoms with Gasteiger partial charge in [0.1, 0.15) is 10.4 Å². The normalized spacial score (nSPS) is 10.6. The van der Waals surface area contributed by atoms with E-state index in [1.54, 1.807) is 12.1 Å². The SMILES string of the molecule is O=[N+]([O-])c1c(I)ccc2c(O)csc12. The summed E-state index contributed by atoms with van der Waals surface area (Å²) in [5, 5.41) is 22.2. The lowest BCUT2D eigenvalue weighted by Gasteiger charge is -1.96. The minimum Gasteiger partial charge on any atom is -0.506 e. The molecule has 14 heavy (non-hydrogen) atoms. The van der Waals surface area contributed by atoms with Gasteiger partial charge in [-0.2, -0.15) is 0 Å². The largest absolute Gasteiger partial charge is 0.506 e. The highest BCUT2D eigenvalue weighted by Crippen LogP contribution is 2.39. The minimum absolute atomic E-state index is 0.0772. The first-order chi connectivity index (χ1) is 6.61. The maximum atomic E-state index is 10.8. The number of benzene rings is 1. The van der Waals surface area contributed by atoms with Crippen molar-refractivity contribution in [2.45, 2.75) is 0 Å². The molecule has 1 N–H and O–H groups in total. The Balaban J connectivity index is 2.90. The van der Waals surface area contributed by atoms with E-state index in [2.05, 4.69) is 0 Å². The molecule has 0 saturated heterocycles. The molecule has 4 nitrogen and oxygen atoms in total. The van der Waals surface area contributed by atoms with Gasteiger partial charge in [-0.25, -0.2) is 0 Å². The highest BCUT2D eigenvalue weighted by atomic mass is 127. The van der Waals surface area contributed by atoms with Crippen molar-refractivity contribution in [1.82, 2.24) is 0 Å². The number of nitro benzene ring substituents is 1. The molecule has 6 heteroatoms. The Kier molecular flexibility index (Phi) is 2.31. The van der Waals surface area contributed by atoms with Crippen molar-refractivity contribution in [2.24, 2.45) is 0 Å². The Morgan fingerprint density at radius 3 is 2.86 bits per heavy atom. The second-order valence-corrected chi connectivity index (χ2v) is 4.69. The van der Waals surface area contributed by atoms with Gasteiger partial charge in [0.15, 0.2) is 0 Å². The molecule has 0 radical (unpaired) electrons. The first-order valence-corrected chi connectivity index (χ1v) is 5.60. The molecule has 1 aromatic carbocycles. The van der Waals surface area contributed by atoms with Gasteiger partial charge in [-0.15, -0.1) is 11.3 Å². The van der Waals surface area contributed by atoms with Gasteiger partial charge >= 0.3 is 0 Å². The first kappa shape index (κ1) is 9.66. The van der Waals surface area contributed by atoms with Crippen LogP contribution in [0.4, 0.5) is 5.69 Å². The second kappa shape index (κ2) is 3.35. The highest BCUT2D eigenvalue weighted by molar-refractivity contribution is 14.1. The average molecular weight is 321 g/mol. The van der Waals surface area contributed by atoms with Crippen LogP contribution in [-0.4, -0.2) is 10.0 Å². The monoisotopic (exact) mass is 321 g/mol. The number of hydrogen-bond donors (Lipinski definition) is 1. The fourth-order valence-corrected chi connectivity index (χ4v) is 3.00. The summed E-state index contributed by atoms with van der Waals surface area (Å²) in [6.45, 7) is 0. The van der Waals surface area contributed by atoms with Gasteiger partial charge < -0.3 is 5.11 Å². The van der Waals surface area contributed by atoms with E-state index in [1.165, 1.54) is 16.7 Å². The third-order valence-electron chi connectivity index (χ3n) is 1.83. The molecule has 0 spiro atoms. The molecule has 2 rings (SSSR count). The number of halogens is 1. The second-order valence-electron chi connectivity index (χ2n) is 2.65. The van der Waals surface area contributed by atoms with Crippen LogP contribution in [0.1, 0.15) is 0 Å². The summed E-state index contributed by atoms with van der Waals surface area (Å²) in [4.78, 5) is 10.4. The van der Waals surface area contributed by atoms with Crippen LogP contribution >= 0.6 is 33.9 Å². The smallest absolute Gasteiger partial charge is 0.300 e. The number of fused-ring (bicyclic) bond motifs is 1. The van der Waals surface area contributed by atoms with Crippen molar-refractivity contribution in [3.05, 3.63) is 31.2 Å². The fourth-order valence-electron chi connectivity index (χ4n) is 1.22. The van der Waals surface area contributed by atoms with E-state index in [-0.39, 0.29) is 11.4 Å². The van der Waals surface area contributed by atoms with Crippen LogP contribution in [0.2, 0.25) is 0 Å². The molecule has 0 bridgehead atoms. The molecule has 0 amide bonds. The van der Waals surface area contributed by atoms with Gasteiger partial charge in [0, 0.05) is 10.8 Å². The third-order valence-corrected chi connectivity index (χ3v) is 3.69. The van der Waals surface area contributed by atoms with Gasteiger partial charge in [-0.3, -0.25) is 10.1 Å². The van der Waals surface area contributed by atoms with E-state index in [9.17, 15) is 15.2 Å². The Labute approximate surface area is 96.5 Å². The molecule has 1 heterocycles. The van der Waals surface area contributed by atoms with Crippen LogP contribution in [-0.2, 0) is 0 Å². The predicted octanol–water partition coefficient (Wildman–Crippen LogP) is 3.12. The molecule has 72 valence electrons. The van der Waals surface area contributed by atoms with E-state index in [0.717, 1.165) is 0 Å². The molecule has 0 aliphatic rings. The van der Waals surface area contributed by atoms with Crippen LogP contribution in [0, 0.1) is 13.7 Å². The van der Waals surface area contributed by atoms with Crippen molar-refractivity contribution in [3.63, 3.8) is 0 Å². The lowest BCUT2D eigenvalue weighted by Crippen LogP contribution is -1.90. The maximum Gasteiger partial charge on any atom is 0.300 e. The summed E-state index contributed by atoms with van der Waals surface area (Å²) >= 11 is 3.10. The predicted molar refractivity (Wildman–Crippen MR) is 62.9 cm³/mol. The zero-order valence-corrected chi connectivity index (χ0v) is 9.70. The molecule has 0 fully saturated rings. The molecule has 0 saturated carbocycles. The van der Waals surface area contributed by atoms with E-state index < -0.39 is 4.92 Å². The fraction of sp³-hybridized carbons (Fsp3) is 0. The number of rotatable bonds is 1. The number of nitrogens with zero attached hydrogens (tertiary/aromatic N) is 1. The number of thiophene rings is 1. The molecular weight excluding hydrogens is 317 g/mol. The summed E-state index contributed by atoms with van der Waals surface area (Å²) in [5.74, 6) is 0.101. The van der Waals surface area contributed by atoms with Crippen LogP contribution in [0.15, 0.2) is 17.5 Å². The van der Waals surface area contributed by atoms with Gasteiger partial charge in [0.05, 0.1) is 8.49 Å². The lowest BCUT2D eigenvalue weighted by atomic mass is 10.2. The molecule has 0 atom stereocenters. The molecular formula is C8H4INO3S. The molecule has 0 aliphatic heterocycles. The number of aromatic hydroxyl groups is 1. The quantitative estimate of drug-likeness (QED) is 0.499. The Hall–Kier alpha value is -0.890. The molecule has 0 unspecified atom stereocenters. The van der Waals surface area contributed by atoms with Crippen molar-refractivity contribution >= 4 is 49.7 Å². The Morgan fingerprint density at radius 1 is 1.50 bits per heavy atom. The zero-order chi connectivity index (χ0) is 10.3. The lowest BCUT2D eigenvalue weighted by molar-refractivity contribution is -0.383. The summed E-state index contributed by atoms with van der Waals surface area (Å²) in [6.07, 6.45) is 0. The maximum absolute atomic E-state index is 10.8. The minimum atomic E-state index is -0.417. The van der Waals surface area contributed by atoms with Gasteiger partial charge in [-0.05, 0) is 34.7 Å². The average Bonchev–Trinajstić information content (AvgIpc) is 2.47. The highest BCUT2D eigenvalue weighted by Gasteiger charge is 2.19. The van der Waals surface area contributed by atoms with Crippen LogP contribution < -0.4 is 0 Å². The number of hydrogen-bond acceptors (Lipinski definition) is 4. The van der Waals surface area contributed by atoms with Crippen molar-refractivity contribution in [3.8, 4) is 5.75 Å². The zero-order valence-electron chi connectivity index (χ0n) is 6.73. The Bertz CT molecular complexity index is 523. The van der Waals surface area contributed by atoms with Crippen LogP contribution in [0.25, 0.3) is 10.1 Å². The van der Waals surface area contributed by atoms with Crippen LogP contribution in [0.3, 0.4) is 0 Å². The van der Waals surface area contributed by atoms with Gasteiger partial charge in [-0.1, -0.05) is 0 Å². The van der Waals surface area contributed by atoms with E-state index in [0.29, 0.717) is 13.7 Å². The van der Waals surface area contributed by atoms with Crippen molar-refractivity contribution in [2.75, 3.05) is 0 Å². The third kappa shape index (κ3) is 1.34. The van der Waals surface area contributed by atoms with Crippen molar-refractivity contribution < 1.29 is 10.0 Å². The summed E-state index contributed by atoms with van der Waals surface area (Å²) in [6, 6.07) is 3.32. The van der Waals surface area contributed by atoms with Crippen LogP contribution in [0.5, 0.6) is 5.75 Å². The Morgan fingerprint density at radius 2 is 2.21 bits per heavy atom. The molecule has 2 aromatic rings. The van der Waals surface area contributed by atoms with Gasteiger partial charge in [0.2, 0.25) is 0 Å². The standard InChI is InChI=1S/C8H4INO3S/c9-5-2-1-4-6(11)3-14-8(4)7(5)10(12)13/h1-3,11H. The first-order valence-electron chi connectivity index (χ1n) is 3.64. The van der Waals surface area contributed by atoms with Crippen molar-refractivity contribution in [1.29, 1.82) is 0 Å². The van der Waals surface area contributed by atoms with E-state index in [4.69, 9.17) is 0 Å². The topological polar surface area (TPSA) is 63.4 Å². The van der Waals surface area contributed by atoms with E-state index >= 15 is 0 Å². The van der Waals surface area contributed by atoms with Gasteiger partial charge in [0.25, 0.3) is 5.69 Å². The summed E-state index contributed by atoms with van der Waals surface area (Å²) in [7, 11) is 0. The number of nitro groups is 1.